The number of methoxy groups -OCH3 is 1. The lowest BCUT2D eigenvalue weighted by Crippen LogP contribution is -2.03. The van der Waals surface area contributed by atoms with Crippen LogP contribution < -0.4 is 9.47 Å². The molecule has 2 rings (SSSR count). The molecule has 0 unspecified atom stereocenters. The van der Waals surface area contributed by atoms with E-state index in [0.717, 1.165) is 6.29 Å². The predicted octanol–water partition coefficient (Wildman–Crippen LogP) is 4.48. The number of carbonyl (C=O) groups is 1. The van der Waals surface area contributed by atoms with Crippen LogP contribution in [0.3, 0.4) is 0 Å². The Morgan fingerprint density at radius 3 is 2.76 bits per heavy atom. The van der Waals surface area contributed by atoms with E-state index in [1.165, 1.54) is 19.2 Å². The number of ether oxygens (including phenoxy) is 2. The SMILES string of the molecule is COc1cc(C=O)cc(I)c1OCc1c(F)cccc1Cl. The fourth-order valence-corrected chi connectivity index (χ4v) is 2.76. The van der Waals surface area contributed by atoms with Gasteiger partial charge in [-0.3, -0.25) is 4.79 Å². The van der Waals surface area contributed by atoms with Gasteiger partial charge in [0.15, 0.2) is 11.5 Å². The van der Waals surface area contributed by atoms with Gasteiger partial charge in [0.05, 0.1) is 15.7 Å². The van der Waals surface area contributed by atoms with E-state index in [1.54, 1.807) is 18.2 Å². The van der Waals surface area contributed by atoms with Crippen molar-refractivity contribution in [3.05, 3.63) is 55.9 Å². The molecule has 0 aliphatic rings. The molecule has 110 valence electrons. The van der Waals surface area contributed by atoms with Crippen LogP contribution >= 0.6 is 34.2 Å². The average molecular weight is 421 g/mol. The summed E-state index contributed by atoms with van der Waals surface area (Å²) in [7, 11) is 1.48. The van der Waals surface area contributed by atoms with Crippen LogP contribution in [0.2, 0.25) is 5.02 Å². The lowest BCUT2D eigenvalue weighted by Gasteiger charge is -2.14. The smallest absolute Gasteiger partial charge is 0.175 e. The molecule has 2 aromatic rings. The number of rotatable bonds is 5. The first-order valence-corrected chi connectivity index (χ1v) is 7.41. The van der Waals surface area contributed by atoms with Crippen molar-refractivity contribution in [2.45, 2.75) is 6.61 Å². The molecule has 0 spiro atoms. The Morgan fingerprint density at radius 1 is 1.38 bits per heavy atom. The van der Waals surface area contributed by atoms with Crippen molar-refractivity contribution in [3.8, 4) is 11.5 Å². The molecule has 21 heavy (non-hydrogen) atoms. The van der Waals surface area contributed by atoms with E-state index in [9.17, 15) is 9.18 Å². The first-order valence-electron chi connectivity index (χ1n) is 5.95. The Kier molecular flexibility index (Phi) is 5.41. The summed E-state index contributed by atoms with van der Waals surface area (Å²) in [6, 6.07) is 7.68. The molecule has 0 bridgehead atoms. The Hall–Kier alpha value is -1.34. The largest absolute Gasteiger partial charge is 0.493 e. The fourth-order valence-electron chi connectivity index (χ4n) is 1.76. The zero-order valence-electron chi connectivity index (χ0n) is 11.0. The third kappa shape index (κ3) is 3.65. The minimum atomic E-state index is -0.430. The van der Waals surface area contributed by atoms with Crippen LogP contribution in [0.4, 0.5) is 4.39 Å². The van der Waals surface area contributed by atoms with Crippen molar-refractivity contribution in [1.29, 1.82) is 0 Å². The third-order valence-electron chi connectivity index (χ3n) is 2.81. The molecule has 0 amide bonds. The van der Waals surface area contributed by atoms with Gasteiger partial charge in [0.1, 0.15) is 18.7 Å². The summed E-state index contributed by atoms with van der Waals surface area (Å²) in [6.07, 6.45) is 0.724. The summed E-state index contributed by atoms with van der Waals surface area (Å²) in [5, 5.41) is 0.300. The van der Waals surface area contributed by atoms with Crippen molar-refractivity contribution in [3.63, 3.8) is 0 Å². The second-order valence-electron chi connectivity index (χ2n) is 4.14. The van der Waals surface area contributed by atoms with Crippen molar-refractivity contribution < 1.29 is 18.7 Å². The van der Waals surface area contributed by atoms with Crippen LogP contribution in [-0.2, 0) is 6.61 Å². The van der Waals surface area contributed by atoms with E-state index >= 15 is 0 Å². The van der Waals surface area contributed by atoms with E-state index in [1.807, 2.05) is 22.6 Å². The molecule has 2 aromatic carbocycles. The van der Waals surface area contributed by atoms with Gasteiger partial charge in [0.2, 0.25) is 0 Å². The van der Waals surface area contributed by atoms with E-state index in [0.29, 0.717) is 25.7 Å². The monoisotopic (exact) mass is 420 g/mol. The van der Waals surface area contributed by atoms with Crippen molar-refractivity contribution in [1.82, 2.24) is 0 Å². The standard InChI is InChI=1S/C15H11ClFIO3/c1-20-14-6-9(7-19)5-13(18)15(14)21-8-10-11(16)3-2-4-12(10)17/h2-7H,8H2,1H3. The number of halogens is 3. The molecule has 0 radical (unpaired) electrons. The molecule has 3 nitrogen and oxygen atoms in total. The molecule has 0 heterocycles. The summed E-state index contributed by atoms with van der Waals surface area (Å²) >= 11 is 7.99. The summed E-state index contributed by atoms with van der Waals surface area (Å²) in [5.41, 5.74) is 0.754. The Labute approximate surface area is 140 Å². The van der Waals surface area contributed by atoms with Crippen LogP contribution in [0.25, 0.3) is 0 Å². The molecule has 0 fully saturated rings. The lowest BCUT2D eigenvalue weighted by atomic mass is 10.2. The van der Waals surface area contributed by atoms with Crippen molar-refractivity contribution >= 4 is 40.5 Å². The van der Waals surface area contributed by atoms with Gasteiger partial charge in [-0.05, 0) is 46.9 Å². The van der Waals surface area contributed by atoms with Gasteiger partial charge in [-0.15, -0.1) is 0 Å². The van der Waals surface area contributed by atoms with Crippen molar-refractivity contribution in [2.75, 3.05) is 7.11 Å². The highest BCUT2D eigenvalue weighted by molar-refractivity contribution is 14.1. The molecule has 0 saturated carbocycles. The summed E-state index contributed by atoms with van der Waals surface area (Å²) in [4.78, 5) is 10.8. The summed E-state index contributed by atoms with van der Waals surface area (Å²) in [5.74, 6) is 0.431. The zero-order chi connectivity index (χ0) is 15.4. The van der Waals surface area contributed by atoms with E-state index in [4.69, 9.17) is 21.1 Å². The quantitative estimate of drug-likeness (QED) is 0.528. The molecule has 0 atom stereocenters. The number of benzene rings is 2. The van der Waals surface area contributed by atoms with Gasteiger partial charge < -0.3 is 9.47 Å². The van der Waals surface area contributed by atoms with Crippen LogP contribution in [0, 0.1) is 9.39 Å². The predicted molar refractivity (Wildman–Crippen MR) is 86.8 cm³/mol. The van der Waals surface area contributed by atoms with Crippen LogP contribution in [0.15, 0.2) is 30.3 Å². The number of hydrogen-bond donors (Lipinski definition) is 0. The number of aldehydes is 1. The minimum absolute atomic E-state index is 0.0295. The van der Waals surface area contributed by atoms with Gasteiger partial charge >= 0.3 is 0 Å². The van der Waals surface area contributed by atoms with E-state index in [-0.39, 0.29) is 12.2 Å². The summed E-state index contributed by atoms with van der Waals surface area (Å²) in [6.45, 7) is -0.0295. The van der Waals surface area contributed by atoms with Crippen LogP contribution in [0.1, 0.15) is 15.9 Å². The lowest BCUT2D eigenvalue weighted by molar-refractivity contribution is 0.112. The van der Waals surface area contributed by atoms with E-state index in [2.05, 4.69) is 0 Å². The first-order chi connectivity index (χ1) is 10.1. The third-order valence-corrected chi connectivity index (χ3v) is 3.97. The molecular formula is C15H11ClFIO3. The van der Waals surface area contributed by atoms with Gasteiger partial charge in [-0.2, -0.15) is 0 Å². The maximum absolute atomic E-state index is 13.7. The van der Waals surface area contributed by atoms with Gasteiger partial charge in [0.25, 0.3) is 0 Å². The average Bonchev–Trinajstić information content (AvgIpc) is 2.47. The van der Waals surface area contributed by atoms with Gasteiger partial charge in [-0.1, -0.05) is 17.7 Å². The highest BCUT2D eigenvalue weighted by atomic mass is 127. The molecule has 0 aromatic heterocycles. The second-order valence-corrected chi connectivity index (χ2v) is 5.71. The number of carbonyl (C=O) groups excluding carboxylic acids is 1. The van der Waals surface area contributed by atoms with Gasteiger partial charge in [-0.25, -0.2) is 4.39 Å². The highest BCUT2D eigenvalue weighted by Crippen LogP contribution is 2.34. The minimum Gasteiger partial charge on any atom is -0.493 e. The fraction of sp³-hybridized carbons (Fsp3) is 0.133. The molecular weight excluding hydrogens is 410 g/mol. The summed E-state index contributed by atoms with van der Waals surface area (Å²) < 4.78 is 25.2. The molecule has 0 N–H and O–H groups in total. The normalized spacial score (nSPS) is 10.3. The molecule has 0 aliphatic heterocycles. The van der Waals surface area contributed by atoms with Gasteiger partial charge in [0, 0.05) is 11.1 Å². The Bertz CT molecular complexity index is 656. The van der Waals surface area contributed by atoms with Crippen LogP contribution in [-0.4, -0.2) is 13.4 Å². The topological polar surface area (TPSA) is 35.5 Å². The Morgan fingerprint density at radius 2 is 2.14 bits per heavy atom. The zero-order valence-corrected chi connectivity index (χ0v) is 13.9. The van der Waals surface area contributed by atoms with Crippen LogP contribution in [0.5, 0.6) is 11.5 Å². The highest BCUT2D eigenvalue weighted by Gasteiger charge is 2.14. The second kappa shape index (κ2) is 7.09. The van der Waals surface area contributed by atoms with E-state index < -0.39 is 5.82 Å². The molecule has 6 heteroatoms. The van der Waals surface area contributed by atoms with Crippen molar-refractivity contribution in [2.24, 2.45) is 0 Å². The first kappa shape index (κ1) is 16.0. The maximum atomic E-state index is 13.7. The number of hydrogen-bond acceptors (Lipinski definition) is 3. The molecule has 0 aliphatic carbocycles. The Balaban J connectivity index is 2.30. The molecule has 0 saturated heterocycles. The maximum Gasteiger partial charge on any atom is 0.175 e.